The normalized spacial score (nSPS) is 40.6. The predicted molar refractivity (Wildman–Crippen MR) is 60.8 cm³/mol. The molecule has 0 saturated carbocycles. The largest absolute Gasteiger partial charge is 0.305 e. The number of alkyl halides is 1. The molecular formula is C12H23FN2. The Morgan fingerprint density at radius 1 is 1.13 bits per heavy atom. The SMILES string of the molecule is C[C@H]1CCN(C2CCCN(C)C2)C[C@@H]1F. The van der Waals surface area contributed by atoms with E-state index in [2.05, 4.69) is 16.8 Å². The van der Waals surface area contributed by atoms with Gasteiger partial charge in [-0.3, -0.25) is 4.90 Å². The van der Waals surface area contributed by atoms with Gasteiger partial charge in [-0.25, -0.2) is 4.39 Å². The van der Waals surface area contributed by atoms with Gasteiger partial charge in [-0.15, -0.1) is 0 Å². The second-order valence-corrected chi connectivity index (χ2v) is 5.34. The predicted octanol–water partition coefficient (Wildman–Crippen LogP) is 1.76. The standard InChI is InChI=1S/C12H23FN2/c1-10-5-7-15(9-12(10)13)11-4-3-6-14(2)8-11/h10-12H,3-9H2,1-2H3/t10-,11?,12-/m0/s1. The molecule has 0 N–H and O–H groups in total. The van der Waals surface area contributed by atoms with Gasteiger partial charge in [-0.1, -0.05) is 6.92 Å². The van der Waals surface area contributed by atoms with E-state index in [-0.39, 0.29) is 5.92 Å². The number of piperidine rings is 2. The number of hydrogen-bond donors (Lipinski definition) is 0. The third-order valence-corrected chi connectivity index (χ3v) is 4.01. The van der Waals surface area contributed by atoms with Crippen LogP contribution in [0.4, 0.5) is 4.39 Å². The van der Waals surface area contributed by atoms with E-state index in [4.69, 9.17) is 0 Å². The molecule has 2 aliphatic heterocycles. The molecule has 0 aromatic rings. The van der Waals surface area contributed by atoms with Crippen molar-refractivity contribution in [3.05, 3.63) is 0 Å². The van der Waals surface area contributed by atoms with Gasteiger partial charge in [-0.05, 0) is 45.3 Å². The first-order chi connectivity index (χ1) is 7.16. The van der Waals surface area contributed by atoms with Crippen molar-refractivity contribution in [3.63, 3.8) is 0 Å². The van der Waals surface area contributed by atoms with Crippen LogP contribution in [0.3, 0.4) is 0 Å². The topological polar surface area (TPSA) is 6.48 Å². The Hall–Kier alpha value is -0.150. The lowest BCUT2D eigenvalue weighted by Crippen LogP contribution is -2.52. The average Bonchev–Trinajstić information content (AvgIpc) is 2.22. The minimum atomic E-state index is -0.606. The monoisotopic (exact) mass is 214 g/mol. The molecule has 15 heavy (non-hydrogen) atoms. The van der Waals surface area contributed by atoms with Gasteiger partial charge < -0.3 is 4.90 Å². The molecule has 0 bridgehead atoms. The fourth-order valence-electron chi connectivity index (χ4n) is 2.81. The zero-order valence-corrected chi connectivity index (χ0v) is 9.95. The summed E-state index contributed by atoms with van der Waals surface area (Å²) in [5.74, 6) is 0.266. The van der Waals surface area contributed by atoms with Crippen LogP contribution in [0.5, 0.6) is 0 Å². The highest BCUT2D eigenvalue weighted by molar-refractivity contribution is 4.85. The van der Waals surface area contributed by atoms with Crippen LogP contribution in [0.1, 0.15) is 26.2 Å². The van der Waals surface area contributed by atoms with E-state index in [0.29, 0.717) is 12.6 Å². The average molecular weight is 214 g/mol. The first kappa shape index (κ1) is 11.3. The quantitative estimate of drug-likeness (QED) is 0.656. The Bertz CT molecular complexity index is 210. The van der Waals surface area contributed by atoms with Crippen LogP contribution < -0.4 is 0 Å². The summed E-state index contributed by atoms with van der Waals surface area (Å²) in [4.78, 5) is 4.75. The summed E-state index contributed by atoms with van der Waals surface area (Å²) < 4.78 is 13.6. The minimum absolute atomic E-state index is 0.266. The van der Waals surface area contributed by atoms with Gasteiger partial charge in [0.25, 0.3) is 0 Å². The second kappa shape index (κ2) is 4.79. The lowest BCUT2D eigenvalue weighted by atomic mass is 9.94. The van der Waals surface area contributed by atoms with Gasteiger partial charge in [0, 0.05) is 19.1 Å². The summed E-state index contributed by atoms with van der Waals surface area (Å²) in [6, 6.07) is 0.606. The number of nitrogens with zero attached hydrogens (tertiary/aromatic N) is 2. The van der Waals surface area contributed by atoms with Gasteiger partial charge in [-0.2, -0.15) is 0 Å². The van der Waals surface area contributed by atoms with Crippen molar-refractivity contribution in [1.82, 2.24) is 9.80 Å². The molecule has 2 rings (SSSR count). The van der Waals surface area contributed by atoms with Crippen LogP contribution in [-0.4, -0.2) is 55.2 Å². The van der Waals surface area contributed by atoms with E-state index in [1.807, 2.05) is 6.92 Å². The van der Waals surface area contributed by atoms with Crippen LogP contribution in [0.25, 0.3) is 0 Å². The third kappa shape index (κ3) is 2.70. The molecule has 3 heteroatoms. The number of halogens is 1. The third-order valence-electron chi connectivity index (χ3n) is 4.01. The zero-order chi connectivity index (χ0) is 10.8. The van der Waals surface area contributed by atoms with Gasteiger partial charge in [0.05, 0.1) is 0 Å². The molecule has 2 aliphatic rings. The summed E-state index contributed by atoms with van der Waals surface area (Å²) in [7, 11) is 2.17. The highest BCUT2D eigenvalue weighted by atomic mass is 19.1. The summed E-state index contributed by atoms with van der Waals surface area (Å²) in [5, 5.41) is 0. The Balaban J connectivity index is 1.87. The molecule has 2 heterocycles. The lowest BCUT2D eigenvalue weighted by molar-refractivity contribution is 0.0352. The summed E-state index contributed by atoms with van der Waals surface area (Å²) in [5.41, 5.74) is 0. The molecule has 3 atom stereocenters. The maximum absolute atomic E-state index is 13.6. The first-order valence-electron chi connectivity index (χ1n) is 6.23. The first-order valence-corrected chi connectivity index (χ1v) is 6.23. The van der Waals surface area contributed by atoms with Crippen molar-refractivity contribution in [3.8, 4) is 0 Å². The van der Waals surface area contributed by atoms with Gasteiger partial charge >= 0.3 is 0 Å². The Morgan fingerprint density at radius 3 is 2.60 bits per heavy atom. The maximum atomic E-state index is 13.6. The Kier molecular flexibility index (Phi) is 3.62. The van der Waals surface area contributed by atoms with E-state index in [1.54, 1.807) is 0 Å². The minimum Gasteiger partial charge on any atom is -0.305 e. The highest BCUT2D eigenvalue weighted by Gasteiger charge is 2.31. The lowest BCUT2D eigenvalue weighted by Gasteiger charge is -2.42. The molecule has 2 fully saturated rings. The van der Waals surface area contributed by atoms with Gasteiger partial charge in [0.15, 0.2) is 0 Å². The highest BCUT2D eigenvalue weighted by Crippen LogP contribution is 2.24. The number of likely N-dealkylation sites (N-methyl/N-ethyl adjacent to an activating group) is 1. The molecule has 0 aromatic carbocycles. The molecule has 0 spiro atoms. The van der Waals surface area contributed by atoms with Crippen LogP contribution >= 0.6 is 0 Å². The fraction of sp³-hybridized carbons (Fsp3) is 1.00. The van der Waals surface area contributed by atoms with E-state index >= 15 is 0 Å². The van der Waals surface area contributed by atoms with Crippen LogP contribution in [0, 0.1) is 5.92 Å². The Morgan fingerprint density at radius 2 is 1.93 bits per heavy atom. The van der Waals surface area contributed by atoms with Crippen molar-refractivity contribution in [2.24, 2.45) is 5.92 Å². The molecule has 0 amide bonds. The summed E-state index contributed by atoms with van der Waals surface area (Å²) in [6.07, 6.45) is 2.95. The van der Waals surface area contributed by atoms with E-state index < -0.39 is 6.17 Å². The smallest absolute Gasteiger partial charge is 0.115 e. The van der Waals surface area contributed by atoms with Crippen LogP contribution in [0.15, 0.2) is 0 Å². The molecule has 0 aromatic heterocycles. The number of likely N-dealkylation sites (tertiary alicyclic amines) is 2. The summed E-state index contributed by atoms with van der Waals surface area (Å²) >= 11 is 0. The zero-order valence-electron chi connectivity index (χ0n) is 9.95. The molecule has 88 valence electrons. The maximum Gasteiger partial charge on any atom is 0.115 e. The van der Waals surface area contributed by atoms with Crippen molar-refractivity contribution in [2.75, 3.05) is 33.2 Å². The van der Waals surface area contributed by atoms with Crippen molar-refractivity contribution in [1.29, 1.82) is 0 Å². The van der Waals surface area contributed by atoms with E-state index in [1.165, 1.54) is 19.4 Å². The number of rotatable bonds is 1. The molecule has 1 unspecified atom stereocenters. The van der Waals surface area contributed by atoms with Crippen LogP contribution in [-0.2, 0) is 0 Å². The van der Waals surface area contributed by atoms with Gasteiger partial charge in [0.2, 0.25) is 0 Å². The molecule has 2 nitrogen and oxygen atoms in total. The fourth-order valence-corrected chi connectivity index (χ4v) is 2.81. The number of hydrogen-bond acceptors (Lipinski definition) is 2. The van der Waals surface area contributed by atoms with Crippen molar-refractivity contribution in [2.45, 2.75) is 38.4 Å². The molecule has 0 radical (unpaired) electrons. The van der Waals surface area contributed by atoms with Crippen molar-refractivity contribution >= 4 is 0 Å². The molecule has 2 saturated heterocycles. The van der Waals surface area contributed by atoms with Gasteiger partial charge in [0.1, 0.15) is 6.17 Å². The summed E-state index contributed by atoms with van der Waals surface area (Å²) in [6.45, 7) is 6.13. The van der Waals surface area contributed by atoms with E-state index in [9.17, 15) is 4.39 Å². The van der Waals surface area contributed by atoms with Crippen molar-refractivity contribution < 1.29 is 4.39 Å². The molecule has 0 aliphatic carbocycles. The Labute approximate surface area is 92.4 Å². The van der Waals surface area contributed by atoms with Crippen LogP contribution in [0.2, 0.25) is 0 Å². The van der Waals surface area contributed by atoms with E-state index in [0.717, 1.165) is 19.5 Å². The molecular weight excluding hydrogens is 191 g/mol. The second-order valence-electron chi connectivity index (χ2n) is 5.34.